The van der Waals surface area contributed by atoms with Crippen molar-refractivity contribution in [3.63, 3.8) is 0 Å². The number of imidazole rings is 1. The SMILES string of the molecule is c1ccc2cc3c(cc2c1)c1nc2nccnc2nc1n1c2ccccc2nc31. The molecule has 0 saturated carbocycles. The molecule has 0 radical (unpaired) electrons. The van der Waals surface area contributed by atoms with Crippen molar-refractivity contribution in [1.82, 2.24) is 29.3 Å². The molecule has 0 unspecified atom stereocenters. The summed E-state index contributed by atoms with van der Waals surface area (Å²) in [6.45, 7) is 0. The Bertz CT molecular complexity index is 1770. The monoisotopic (exact) mass is 372 g/mol. The largest absolute Gasteiger partial charge is 0.274 e. The smallest absolute Gasteiger partial charge is 0.199 e. The third kappa shape index (κ3) is 1.92. The molecule has 0 aliphatic heterocycles. The van der Waals surface area contributed by atoms with E-state index in [1.165, 1.54) is 5.39 Å². The summed E-state index contributed by atoms with van der Waals surface area (Å²) in [5, 5.41) is 4.39. The van der Waals surface area contributed by atoms with E-state index in [0.29, 0.717) is 11.3 Å². The number of nitrogens with zero attached hydrogens (tertiary/aromatic N) is 6. The van der Waals surface area contributed by atoms with E-state index in [2.05, 4.69) is 50.8 Å². The minimum absolute atomic E-state index is 0.527. The molecule has 7 rings (SSSR count). The fourth-order valence-electron chi connectivity index (χ4n) is 4.17. The van der Waals surface area contributed by atoms with Gasteiger partial charge in [-0.2, -0.15) is 0 Å². The van der Waals surface area contributed by atoms with Gasteiger partial charge < -0.3 is 0 Å². The van der Waals surface area contributed by atoms with Crippen LogP contribution in [0.15, 0.2) is 73.1 Å². The number of pyridine rings is 1. The summed E-state index contributed by atoms with van der Waals surface area (Å²) < 4.78 is 2.09. The average molecular weight is 372 g/mol. The summed E-state index contributed by atoms with van der Waals surface area (Å²) in [6, 6.07) is 20.8. The van der Waals surface area contributed by atoms with E-state index in [9.17, 15) is 0 Å². The molecule has 0 fully saturated rings. The molecule has 0 spiro atoms. The summed E-state index contributed by atoms with van der Waals surface area (Å²) >= 11 is 0. The topological polar surface area (TPSA) is 68.9 Å². The van der Waals surface area contributed by atoms with E-state index < -0.39 is 0 Å². The molecule has 4 aromatic heterocycles. The first-order chi connectivity index (χ1) is 14.4. The Morgan fingerprint density at radius 1 is 0.621 bits per heavy atom. The van der Waals surface area contributed by atoms with Gasteiger partial charge in [-0.1, -0.05) is 36.4 Å². The van der Waals surface area contributed by atoms with Crippen molar-refractivity contribution >= 4 is 60.7 Å². The van der Waals surface area contributed by atoms with Gasteiger partial charge in [-0.15, -0.1) is 0 Å². The van der Waals surface area contributed by atoms with Crippen LogP contribution in [0.3, 0.4) is 0 Å². The Labute approximate surface area is 163 Å². The number of benzene rings is 3. The van der Waals surface area contributed by atoms with Gasteiger partial charge in [-0.05, 0) is 35.0 Å². The van der Waals surface area contributed by atoms with Crippen LogP contribution in [0.25, 0.3) is 60.7 Å². The van der Waals surface area contributed by atoms with E-state index >= 15 is 0 Å². The van der Waals surface area contributed by atoms with Gasteiger partial charge in [0.25, 0.3) is 0 Å². The Morgan fingerprint density at radius 2 is 1.31 bits per heavy atom. The van der Waals surface area contributed by atoms with Crippen LogP contribution in [0.2, 0.25) is 0 Å². The Morgan fingerprint density at radius 3 is 2.14 bits per heavy atom. The molecule has 0 bridgehead atoms. The zero-order chi connectivity index (χ0) is 18.9. The quantitative estimate of drug-likeness (QED) is 0.286. The zero-order valence-corrected chi connectivity index (χ0v) is 15.1. The standard InChI is InChI=1S/C23H12N6/c1-2-6-14-12-16-15(11-13(14)5-1)19-23(28-21-20(27-19)24-9-10-25-21)29-18-8-4-3-7-17(18)26-22(16)29/h1-12H. The van der Waals surface area contributed by atoms with Crippen molar-refractivity contribution in [3.8, 4) is 0 Å². The fourth-order valence-corrected chi connectivity index (χ4v) is 4.17. The highest BCUT2D eigenvalue weighted by Gasteiger charge is 2.17. The molecule has 0 atom stereocenters. The summed E-state index contributed by atoms with van der Waals surface area (Å²) in [5.41, 5.74) is 5.41. The second-order valence-corrected chi connectivity index (χ2v) is 7.10. The maximum Gasteiger partial charge on any atom is 0.199 e. The van der Waals surface area contributed by atoms with Gasteiger partial charge in [0.1, 0.15) is 11.2 Å². The van der Waals surface area contributed by atoms with Crippen LogP contribution in [0.5, 0.6) is 0 Å². The van der Waals surface area contributed by atoms with Gasteiger partial charge in [0.15, 0.2) is 16.9 Å². The summed E-state index contributed by atoms with van der Waals surface area (Å²) in [7, 11) is 0. The Balaban J connectivity index is 1.86. The van der Waals surface area contributed by atoms with Crippen LogP contribution in [0.4, 0.5) is 0 Å². The van der Waals surface area contributed by atoms with Gasteiger partial charge in [0, 0.05) is 23.2 Å². The highest BCUT2D eigenvalue weighted by atomic mass is 15.1. The number of rotatable bonds is 0. The first-order valence-electron chi connectivity index (χ1n) is 9.37. The molecule has 0 saturated heterocycles. The molecule has 6 heteroatoms. The molecule has 0 N–H and O–H groups in total. The highest BCUT2D eigenvalue weighted by Crippen LogP contribution is 2.33. The summed E-state index contributed by atoms with van der Waals surface area (Å²) in [5.74, 6) is 0. The fraction of sp³-hybridized carbons (Fsp3) is 0. The minimum Gasteiger partial charge on any atom is -0.274 e. The van der Waals surface area contributed by atoms with E-state index in [4.69, 9.17) is 15.0 Å². The van der Waals surface area contributed by atoms with Crippen molar-refractivity contribution in [3.05, 3.63) is 73.1 Å². The summed E-state index contributed by atoms with van der Waals surface area (Å²) in [6.07, 6.45) is 3.28. The number of para-hydroxylation sites is 2. The van der Waals surface area contributed by atoms with E-state index in [1.807, 2.05) is 24.3 Å². The molecule has 0 aliphatic carbocycles. The van der Waals surface area contributed by atoms with Gasteiger partial charge in [-0.3, -0.25) is 4.40 Å². The molecule has 4 heterocycles. The molecule has 0 aliphatic rings. The number of fused-ring (bicyclic) bond motifs is 10. The van der Waals surface area contributed by atoms with Crippen LogP contribution < -0.4 is 0 Å². The first-order valence-corrected chi connectivity index (χ1v) is 9.37. The average Bonchev–Trinajstić information content (AvgIpc) is 3.17. The number of hydrogen-bond donors (Lipinski definition) is 0. The van der Waals surface area contributed by atoms with E-state index in [1.54, 1.807) is 12.4 Å². The minimum atomic E-state index is 0.527. The summed E-state index contributed by atoms with van der Waals surface area (Å²) in [4.78, 5) is 23.4. The number of aromatic nitrogens is 6. The van der Waals surface area contributed by atoms with Crippen molar-refractivity contribution in [2.24, 2.45) is 0 Å². The second-order valence-electron chi connectivity index (χ2n) is 7.10. The lowest BCUT2D eigenvalue weighted by Gasteiger charge is -2.09. The first kappa shape index (κ1) is 14.8. The van der Waals surface area contributed by atoms with Crippen LogP contribution in [-0.4, -0.2) is 29.3 Å². The zero-order valence-electron chi connectivity index (χ0n) is 15.1. The van der Waals surface area contributed by atoms with Crippen molar-refractivity contribution in [1.29, 1.82) is 0 Å². The highest BCUT2D eigenvalue weighted by molar-refractivity contribution is 6.16. The molecular formula is C23H12N6. The van der Waals surface area contributed by atoms with Crippen LogP contribution >= 0.6 is 0 Å². The predicted octanol–water partition coefficient (Wildman–Crippen LogP) is 4.68. The molecule has 3 aromatic carbocycles. The van der Waals surface area contributed by atoms with Crippen LogP contribution in [0.1, 0.15) is 0 Å². The third-order valence-corrected chi connectivity index (χ3v) is 5.46. The van der Waals surface area contributed by atoms with Gasteiger partial charge in [0.05, 0.1) is 11.0 Å². The molecular weight excluding hydrogens is 360 g/mol. The lowest BCUT2D eigenvalue weighted by atomic mass is 10.0. The van der Waals surface area contributed by atoms with Gasteiger partial charge in [0.2, 0.25) is 0 Å². The molecule has 0 amide bonds. The van der Waals surface area contributed by atoms with Crippen molar-refractivity contribution < 1.29 is 0 Å². The van der Waals surface area contributed by atoms with E-state index in [-0.39, 0.29) is 0 Å². The van der Waals surface area contributed by atoms with E-state index in [0.717, 1.165) is 44.0 Å². The molecule has 29 heavy (non-hydrogen) atoms. The molecule has 134 valence electrons. The third-order valence-electron chi connectivity index (χ3n) is 5.46. The lowest BCUT2D eigenvalue weighted by Crippen LogP contribution is -1.99. The van der Waals surface area contributed by atoms with Crippen molar-refractivity contribution in [2.45, 2.75) is 0 Å². The maximum atomic E-state index is 4.94. The Kier molecular flexibility index (Phi) is 2.66. The normalized spacial score (nSPS) is 12.1. The van der Waals surface area contributed by atoms with Crippen LogP contribution in [-0.2, 0) is 0 Å². The predicted molar refractivity (Wildman–Crippen MR) is 114 cm³/mol. The number of hydrogen-bond acceptors (Lipinski definition) is 5. The second kappa shape index (κ2) is 5.20. The van der Waals surface area contributed by atoms with Crippen LogP contribution in [0, 0.1) is 0 Å². The Hall–Kier alpha value is -4.19. The lowest BCUT2D eigenvalue weighted by molar-refractivity contribution is 1.16. The maximum absolute atomic E-state index is 4.94. The molecule has 7 aromatic rings. The van der Waals surface area contributed by atoms with Gasteiger partial charge >= 0.3 is 0 Å². The van der Waals surface area contributed by atoms with Gasteiger partial charge in [-0.25, -0.2) is 24.9 Å². The van der Waals surface area contributed by atoms with Crippen molar-refractivity contribution in [2.75, 3.05) is 0 Å². The molecule has 6 nitrogen and oxygen atoms in total.